The number of ether oxygens (including phenoxy) is 1. The molecule has 0 aliphatic rings. The number of methoxy groups -OCH3 is 1. The predicted octanol–water partition coefficient (Wildman–Crippen LogP) is 0.899. The number of amides is 1. The van der Waals surface area contributed by atoms with Gasteiger partial charge in [-0.1, -0.05) is 11.3 Å². The van der Waals surface area contributed by atoms with E-state index in [2.05, 4.69) is 25.6 Å². The van der Waals surface area contributed by atoms with Gasteiger partial charge in [-0.2, -0.15) is 0 Å². The van der Waals surface area contributed by atoms with Gasteiger partial charge >= 0.3 is 6.09 Å². The van der Waals surface area contributed by atoms with E-state index in [1.807, 2.05) is 6.92 Å². The molecule has 0 aliphatic heterocycles. The Hall–Kier alpha value is -1.28. The fourth-order valence-electron chi connectivity index (χ4n) is 0.619. The van der Waals surface area contributed by atoms with Gasteiger partial charge in [-0.25, -0.2) is 4.79 Å². The van der Waals surface area contributed by atoms with Crippen LogP contribution in [0.3, 0.4) is 0 Å². The standard InChI is InChI=1S/C6H8N4O2S2/c1-3-9-10-5(14-3)7-4(13)8-6(11)12-2/h1-2H3,(H2,7,8,10,11,13). The van der Waals surface area contributed by atoms with Gasteiger partial charge in [-0.05, 0) is 19.1 Å². The van der Waals surface area contributed by atoms with E-state index in [1.165, 1.54) is 18.4 Å². The van der Waals surface area contributed by atoms with Crippen molar-refractivity contribution < 1.29 is 9.53 Å². The maximum absolute atomic E-state index is 10.7. The number of alkyl carbamates (subject to hydrolysis) is 1. The average molecular weight is 232 g/mol. The van der Waals surface area contributed by atoms with Gasteiger partial charge in [0.2, 0.25) is 5.13 Å². The second-order valence-electron chi connectivity index (χ2n) is 2.20. The molecule has 0 aromatic carbocycles. The fraction of sp³-hybridized carbons (Fsp3) is 0.333. The Kier molecular flexibility index (Phi) is 3.72. The minimum atomic E-state index is -0.622. The zero-order chi connectivity index (χ0) is 10.6. The van der Waals surface area contributed by atoms with Gasteiger partial charge in [0.1, 0.15) is 5.01 Å². The second-order valence-corrected chi connectivity index (χ2v) is 3.79. The summed E-state index contributed by atoms with van der Waals surface area (Å²) >= 11 is 6.14. The third-order valence-electron chi connectivity index (χ3n) is 1.15. The Bertz CT molecular complexity index is 351. The average Bonchev–Trinajstić information content (AvgIpc) is 2.50. The van der Waals surface area contributed by atoms with Crippen molar-refractivity contribution >= 4 is 39.9 Å². The second kappa shape index (κ2) is 4.82. The lowest BCUT2D eigenvalue weighted by Gasteiger charge is -2.04. The Labute approximate surface area is 89.7 Å². The van der Waals surface area contributed by atoms with Crippen molar-refractivity contribution in [3.05, 3.63) is 5.01 Å². The monoisotopic (exact) mass is 232 g/mol. The summed E-state index contributed by atoms with van der Waals surface area (Å²) in [4.78, 5) is 10.7. The van der Waals surface area contributed by atoms with E-state index in [0.717, 1.165) is 5.01 Å². The van der Waals surface area contributed by atoms with E-state index in [4.69, 9.17) is 12.2 Å². The zero-order valence-corrected chi connectivity index (χ0v) is 9.16. The van der Waals surface area contributed by atoms with Crippen molar-refractivity contribution in [3.63, 3.8) is 0 Å². The number of nitrogens with zero attached hydrogens (tertiary/aromatic N) is 2. The Morgan fingerprint density at radius 3 is 2.79 bits per heavy atom. The van der Waals surface area contributed by atoms with E-state index < -0.39 is 6.09 Å². The number of carbonyl (C=O) groups excluding carboxylic acids is 1. The third kappa shape index (κ3) is 3.23. The zero-order valence-electron chi connectivity index (χ0n) is 7.53. The summed E-state index contributed by atoms with van der Waals surface area (Å²) in [6, 6.07) is 0. The van der Waals surface area contributed by atoms with E-state index in [9.17, 15) is 4.79 Å². The molecule has 1 aromatic rings. The van der Waals surface area contributed by atoms with Crippen LogP contribution >= 0.6 is 23.6 Å². The molecular formula is C6H8N4O2S2. The van der Waals surface area contributed by atoms with E-state index >= 15 is 0 Å². The quantitative estimate of drug-likeness (QED) is 0.701. The van der Waals surface area contributed by atoms with Crippen LogP contribution in [0.1, 0.15) is 5.01 Å². The van der Waals surface area contributed by atoms with Gasteiger partial charge in [0.05, 0.1) is 7.11 Å². The number of nitrogens with one attached hydrogen (secondary N) is 2. The summed E-state index contributed by atoms with van der Waals surface area (Å²) < 4.78 is 4.35. The Morgan fingerprint density at radius 1 is 1.57 bits per heavy atom. The maximum Gasteiger partial charge on any atom is 0.413 e. The molecule has 76 valence electrons. The molecule has 0 radical (unpaired) electrons. The lowest BCUT2D eigenvalue weighted by Crippen LogP contribution is -2.33. The van der Waals surface area contributed by atoms with Crippen LogP contribution in [0.4, 0.5) is 9.93 Å². The summed E-state index contributed by atoms with van der Waals surface area (Å²) in [5, 5.41) is 14.0. The normalized spacial score (nSPS) is 9.29. The van der Waals surface area contributed by atoms with Crippen LogP contribution in [-0.2, 0) is 4.74 Å². The number of hydrogen-bond donors (Lipinski definition) is 2. The minimum absolute atomic E-state index is 0.132. The number of thiocarbonyl (C=S) groups is 1. The molecule has 0 aliphatic carbocycles. The molecule has 0 saturated heterocycles. The van der Waals surface area contributed by atoms with Crippen molar-refractivity contribution in [2.45, 2.75) is 6.92 Å². The molecule has 0 bridgehead atoms. The molecule has 1 amide bonds. The van der Waals surface area contributed by atoms with Crippen LogP contribution in [0.5, 0.6) is 0 Å². The smallest absolute Gasteiger partial charge is 0.413 e. The number of aromatic nitrogens is 2. The van der Waals surface area contributed by atoms with Crippen molar-refractivity contribution in [2.24, 2.45) is 0 Å². The van der Waals surface area contributed by atoms with Crippen molar-refractivity contribution in [3.8, 4) is 0 Å². The van der Waals surface area contributed by atoms with Crippen molar-refractivity contribution in [1.29, 1.82) is 0 Å². The third-order valence-corrected chi connectivity index (χ3v) is 2.11. The number of anilines is 1. The molecule has 1 heterocycles. The highest BCUT2D eigenvalue weighted by Gasteiger charge is 2.05. The highest BCUT2D eigenvalue weighted by molar-refractivity contribution is 7.80. The van der Waals surface area contributed by atoms with Crippen LogP contribution in [0.15, 0.2) is 0 Å². The molecule has 0 saturated carbocycles. The van der Waals surface area contributed by atoms with Crippen LogP contribution in [-0.4, -0.2) is 28.5 Å². The van der Waals surface area contributed by atoms with Gasteiger partial charge in [0.15, 0.2) is 5.11 Å². The first-order valence-electron chi connectivity index (χ1n) is 3.58. The molecule has 8 heteroatoms. The highest BCUT2D eigenvalue weighted by Crippen LogP contribution is 2.12. The lowest BCUT2D eigenvalue weighted by molar-refractivity contribution is 0.177. The number of rotatable bonds is 1. The predicted molar refractivity (Wildman–Crippen MR) is 56.4 cm³/mol. The first-order chi connectivity index (χ1) is 6.61. The SMILES string of the molecule is COC(=O)NC(=S)Nc1nnc(C)s1. The molecular weight excluding hydrogens is 224 g/mol. The van der Waals surface area contributed by atoms with Gasteiger partial charge in [0.25, 0.3) is 0 Å². The molecule has 14 heavy (non-hydrogen) atoms. The highest BCUT2D eigenvalue weighted by atomic mass is 32.1. The summed E-state index contributed by atoms with van der Waals surface area (Å²) in [5.41, 5.74) is 0. The van der Waals surface area contributed by atoms with E-state index in [1.54, 1.807) is 0 Å². The molecule has 0 fully saturated rings. The summed E-state index contributed by atoms with van der Waals surface area (Å²) in [7, 11) is 1.26. The Balaban J connectivity index is 2.45. The minimum Gasteiger partial charge on any atom is -0.453 e. The van der Waals surface area contributed by atoms with E-state index in [0.29, 0.717) is 5.13 Å². The van der Waals surface area contributed by atoms with Crippen LogP contribution in [0.25, 0.3) is 0 Å². The molecule has 1 aromatic heterocycles. The molecule has 0 unspecified atom stereocenters. The molecule has 6 nitrogen and oxygen atoms in total. The first-order valence-corrected chi connectivity index (χ1v) is 4.80. The van der Waals surface area contributed by atoms with Crippen LogP contribution in [0, 0.1) is 6.92 Å². The maximum atomic E-state index is 10.7. The van der Waals surface area contributed by atoms with Gasteiger partial charge in [0, 0.05) is 0 Å². The van der Waals surface area contributed by atoms with Gasteiger partial charge in [-0.3, -0.25) is 5.32 Å². The van der Waals surface area contributed by atoms with Gasteiger partial charge < -0.3 is 10.1 Å². The van der Waals surface area contributed by atoms with Crippen LogP contribution < -0.4 is 10.6 Å². The van der Waals surface area contributed by atoms with Crippen molar-refractivity contribution in [2.75, 3.05) is 12.4 Å². The largest absolute Gasteiger partial charge is 0.453 e. The van der Waals surface area contributed by atoms with E-state index in [-0.39, 0.29) is 5.11 Å². The summed E-state index contributed by atoms with van der Waals surface area (Å²) in [6.07, 6.45) is -0.622. The van der Waals surface area contributed by atoms with Crippen molar-refractivity contribution in [1.82, 2.24) is 15.5 Å². The van der Waals surface area contributed by atoms with Gasteiger partial charge in [-0.15, -0.1) is 10.2 Å². The number of aryl methyl sites for hydroxylation is 1. The number of carbonyl (C=O) groups is 1. The summed E-state index contributed by atoms with van der Waals surface area (Å²) in [6.45, 7) is 1.82. The number of hydrogen-bond acceptors (Lipinski definition) is 6. The molecule has 0 spiro atoms. The Morgan fingerprint density at radius 2 is 2.29 bits per heavy atom. The summed E-state index contributed by atoms with van der Waals surface area (Å²) in [5.74, 6) is 0. The first kappa shape index (κ1) is 10.8. The molecule has 2 N–H and O–H groups in total. The fourth-order valence-corrected chi connectivity index (χ4v) is 1.46. The van der Waals surface area contributed by atoms with Crippen LogP contribution in [0.2, 0.25) is 0 Å². The molecule has 1 rings (SSSR count). The molecule has 0 atom stereocenters. The lowest BCUT2D eigenvalue weighted by atomic mass is 10.9. The topological polar surface area (TPSA) is 76.1 Å².